The van der Waals surface area contributed by atoms with Crippen LogP contribution >= 0.6 is 0 Å². The normalized spacial score (nSPS) is 17.4. The van der Waals surface area contributed by atoms with Crippen LogP contribution < -0.4 is 5.32 Å². The van der Waals surface area contributed by atoms with Gasteiger partial charge in [0.15, 0.2) is 0 Å². The summed E-state index contributed by atoms with van der Waals surface area (Å²) in [4.78, 5) is 10.0. The Kier molecular flexibility index (Phi) is 4.66. The van der Waals surface area contributed by atoms with Gasteiger partial charge in [0.05, 0.1) is 17.4 Å². The number of nitrogens with zero attached hydrogens (tertiary/aromatic N) is 2. The van der Waals surface area contributed by atoms with Crippen molar-refractivity contribution in [2.45, 2.75) is 25.7 Å². The van der Waals surface area contributed by atoms with Crippen LogP contribution in [0.4, 0.5) is 0 Å². The molecule has 4 nitrogen and oxygen atoms in total. The number of fused-ring (bicyclic) bond motifs is 1. The summed E-state index contributed by atoms with van der Waals surface area (Å²) in [6.45, 7) is 6.04. The van der Waals surface area contributed by atoms with E-state index in [2.05, 4.69) is 38.4 Å². The molecular weight excluding hydrogens is 248 g/mol. The van der Waals surface area contributed by atoms with Crippen molar-refractivity contribution in [2.75, 3.05) is 32.7 Å². The van der Waals surface area contributed by atoms with Gasteiger partial charge < -0.3 is 15.2 Å². The molecule has 0 radical (unpaired) electrons. The second-order valence-electron chi connectivity index (χ2n) is 5.66. The highest BCUT2D eigenvalue weighted by atomic mass is 15.1. The van der Waals surface area contributed by atoms with Crippen LogP contribution in [0.5, 0.6) is 0 Å². The molecule has 4 heteroatoms. The van der Waals surface area contributed by atoms with Gasteiger partial charge in [-0.05, 0) is 63.0 Å². The third kappa shape index (κ3) is 3.58. The van der Waals surface area contributed by atoms with Gasteiger partial charge in [-0.2, -0.15) is 0 Å². The number of imidazole rings is 1. The first-order valence-corrected chi connectivity index (χ1v) is 7.77. The molecule has 2 aromatic rings. The van der Waals surface area contributed by atoms with Crippen LogP contribution in [0, 0.1) is 0 Å². The van der Waals surface area contributed by atoms with Crippen molar-refractivity contribution in [2.24, 2.45) is 0 Å². The van der Waals surface area contributed by atoms with Crippen molar-refractivity contribution in [3.63, 3.8) is 0 Å². The highest BCUT2D eigenvalue weighted by Crippen LogP contribution is 2.13. The Morgan fingerprint density at radius 2 is 2.15 bits per heavy atom. The predicted octanol–water partition coefficient (Wildman–Crippen LogP) is 2.18. The van der Waals surface area contributed by atoms with Gasteiger partial charge in [-0.3, -0.25) is 0 Å². The van der Waals surface area contributed by atoms with Crippen LogP contribution in [-0.4, -0.2) is 47.6 Å². The van der Waals surface area contributed by atoms with Gasteiger partial charge in [-0.1, -0.05) is 6.07 Å². The fourth-order valence-electron chi connectivity index (χ4n) is 2.93. The average Bonchev–Trinajstić information content (AvgIpc) is 2.78. The number of hydrogen-bond donors (Lipinski definition) is 2. The minimum absolute atomic E-state index is 1.06. The summed E-state index contributed by atoms with van der Waals surface area (Å²) in [6.07, 6.45) is 6.78. The third-order valence-electron chi connectivity index (χ3n) is 4.11. The zero-order valence-electron chi connectivity index (χ0n) is 12.1. The summed E-state index contributed by atoms with van der Waals surface area (Å²) in [5, 5.41) is 3.46. The van der Waals surface area contributed by atoms with Crippen LogP contribution in [0.3, 0.4) is 0 Å². The summed E-state index contributed by atoms with van der Waals surface area (Å²) in [5.41, 5.74) is 3.63. The third-order valence-corrected chi connectivity index (χ3v) is 4.11. The Morgan fingerprint density at radius 1 is 1.15 bits per heavy atom. The Bertz CT molecular complexity index is 526. The lowest BCUT2D eigenvalue weighted by Gasteiger charge is -2.18. The number of unbranched alkanes of at least 4 members (excludes halogenated alkanes) is 1. The number of aryl methyl sites for hydroxylation is 1. The van der Waals surface area contributed by atoms with E-state index >= 15 is 0 Å². The summed E-state index contributed by atoms with van der Waals surface area (Å²) in [5.74, 6) is 0. The molecule has 3 rings (SSSR count). The van der Waals surface area contributed by atoms with Gasteiger partial charge in [0.1, 0.15) is 0 Å². The average molecular weight is 272 g/mol. The number of rotatable bonds is 5. The molecule has 1 aromatic carbocycles. The van der Waals surface area contributed by atoms with E-state index in [1.54, 1.807) is 6.33 Å². The topological polar surface area (TPSA) is 44.0 Å². The molecule has 1 aliphatic rings. The summed E-state index contributed by atoms with van der Waals surface area (Å²) in [6, 6.07) is 6.55. The molecule has 1 aliphatic heterocycles. The van der Waals surface area contributed by atoms with Gasteiger partial charge in [0.2, 0.25) is 0 Å². The van der Waals surface area contributed by atoms with Crippen LogP contribution in [0.1, 0.15) is 24.8 Å². The standard InChI is InChI=1S/C16H24N4/c1(2-9-20-10-3-7-17-8-11-20)4-14-5-6-15-16(12-14)19-13-18-15/h5-6,12-13,17H,1-4,7-11H2,(H,18,19). The van der Waals surface area contributed by atoms with Crippen molar-refractivity contribution < 1.29 is 0 Å². The number of hydrogen-bond acceptors (Lipinski definition) is 3. The van der Waals surface area contributed by atoms with Gasteiger partial charge in [-0.25, -0.2) is 4.98 Å². The Morgan fingerprint density at radius 3 is 3.15 bits per heavy atom. The van der Waals surface area contributed by atoms with Crippen molar-refractivity contribution in [1.82, 2.24) is 20.2 Å². The molecule has 0 spiro atoms. The molecule has 0 atom stereocenters. The number of nitrogens with one attached hydrogen (secondary N) is 2. The quantitative estimate of drug-likeness (QED) is 0.820. The van der Waals surface area contributed by atoms with Crippen molar-refractivity contribution in [3.05, 3.63) is 30.1 Å². The van der Waals surface area contributed by atoms with Gasteiger partial charge >= 0.3 is 0 Å². The van der Waals surface area contributed by atoms with E-state index < -0.39 is 0 Å². The largest absolute Gasteiger partial charge is 0.345 e. The monoisotopic (exact) mass is 272 g/mol. The summed E-state index contributed by atoms with van der Waals surface area (Å²) >= 11 is 0. The number of benzene rings is 1. The highest BCUT2D eigenvalue weighted by Gasteiger charge is 2.07. The number of aromatic nitrogens is 2. The van der Waals surface area contributed by atoms with E-state index in [0.717, 1.165) is 17.6 Å². The van der Waals surface area contributed by atoms with E-state index in [9.17, 15) is 0 Å². The SMILES string of the molecule is c1nc2ccc(CCCCN3CCCNCC3)cc2[nH]1. The molecule has 1 fully saturated rings. The molecule has 0 aliphatic carbocycles. The first-order valence-electron chi connectivity index (χ1n) is 7.77. The lowest BCUT2D eigenvalue weighted by atomic mass is 10.1. The Hall–Kier alpha value is -1.39. The van der Waals surface area contributed by atoms with E-state index in [0.29, 0.717) is 0 Å². The lowest BCUT2D eigenvalue weighted by Crippen LogP contribution is -2.29. The molecule has 2 heterocycles. The molecule has 20 heavy (non-hydrogen) atoms. The second kappa shape index (κ2) is 6.86. The second-order valence-corrected chi connectivity index (χ2v) is 5.66. The minimum Gasteiger partial charge on any atom is -0.345 e. The van der Waals surface area contributed by atoms with Crippen LogP contribution in [0.25, 0.3) is 11.0 Å². The van der Waals surface area contributed by atoms with E-state index in [1.165, 1.54) is 57.4 Å². The zero-order valence-corrected chi connectivity index (χ0v) is 12.1. The maximum Gasteiger partial charge on any atom is 0.0931 e. The van der Waals surface area contributed by atoms with Gasteiger partial charge in [0.25, 0.3) is 0 Å². The zero-order chi connectivity index (χ0) is 13.6. The smallest absolute Gasteiger partial charge is 0.0931 e. The van der Waals surface area contributed by atoms with Crippen LogP contribution in [0.15, 0.2) is 24.5 Å². The fourth-order valence-corrected chi connectivity index (χ4v) is 2.93. The minimum atomic E-state index is 1.06. The molecule has 1 aromatic heterocycles. The molecular formula is C16H24N4. The summed E-state index contributed by atoms with van der Waals surface area (Å²) in [7, 11) is 0. The molecule has 0 unspecified atom stereocenters. The highest BCUT2D eigenvalue weighted by molar-refractivity contribution is 5.74. The maximum atomic E-state index is 4.26. The fraction of sp³-hybridized carbons (Fsp3) is 0.562. The van der Waals surface area contributed by atoms with Crippen molar-refractivity contribution >= 4 is 11.0 Å². The molecule has 0 saturated carbocycles. The molecule has 1 saturated heterocycles. The van der Waals surface area contributed by atoms with Crippen molar-refractivity contribution in [1.29, 1.82) is 0 Å². The van der Waals surface area contributed by atoms with Crippen molar-refractivity contribution in [3.8, 4) is 0 Å². The van der Waals surface area contributed by atoms with Gasteiger partial charge in [-0.15, -0.1) is 0 Å². The number of H-pyrrole nitrogens is 1. The molecule has 0 amide bonds. The molecule has 2 N–H and O–H groups in total. The lowest BCUT2D eigenvalue weighted by molar-refractivity contribution is 0.286. The maximum absolute atomic E-state index is 4.26. The molecule has 0 bridgehead atoms. The first-order chi connectivity index (χ1) is 9.92. The Balaban J connectivity index is 1.42. The molecule has 108 valence electrons. The van der Waals surface area contributed by atoms with E-state index in [4.69, 9.17) is 0 Å². The van der Waals surface area contributed by atoms with Crippen LogP contribution in [0.2, 0.25) is 0 Å². The summed E-state index contributed by atoms with van der Waals surface area (Å²) < 4.78 is 0. The van der Waals surface area contributed by atoms with E-state index in [-0.39, 0.29) is 0 Å². The van der Waals surface area contributed by atoms with Crippen LogP contribution in [-0.2, 0) is 6.42 Å². The first kappa shape index (κ1) is 13.6. The van der Waals surface area contributed by atoms with Gasteiger partial charge in [0, 0.05) is 13.1 Å². The van der Waals surface area contributed by atoms with E-state index in [1.807, 2.05) is 0 Å². The Labute approximate surface area is 120 Å². The number of aromatic amines is 1. The predicted molar refractivity (Wildman–Crippen MR) is 83.0 cm³/mol.